The van der Waals surface area contributed by atoms with Crippen molar-refractivity contribution in [2.45, 2.75) is 51.1 Å². The predicted octanol–water partition coefficient (Wildman–Crippen LogP) is 1.88. The molecule has 0 radical (unpaired) electrons. The van der Waals surface area contributed by atoms with Gasteiger partial charge in [0.25, 0.3) is 0 Å². The van der Waals surface area contributed by atoms with Crippen LogP contribution in [0.5, 0.6) is 0 Å². The molecule has 3 heteroatoms. The van der Waals surface area contributed by atoms with Crippen molar-refractivity contribution in [2.75, 3.05) is 33.4 Å². The third kappa shape index (κ3) is 4.23. The van der Waals surface area contributed by atoms with E-state index in [0.717, 1.165) is 25.1 Å². The van der Waals surface area contributed by atoms with Gasteiger partial charge in [-0.1, -0.05) is 13.3 Å². The van der Waals surface area contributed by atoms with Crippen LogP contribution in [-0.4, -0.2) is 50.3 Å². The minimum absolute atomic E-state index is 0.582. The number of ether oxygens (including phenoxy) is 1. The number of hydrogen-bond acceptors (Lipinski definition) is 3. The SMILES string of the molecule is CCC1CCN(C(CNC2CC2)COC)CC1. The number of hydrogen-bond donors (Lipinski definition) is 1. The van der Waals surface area contributed by atoms with Crippen LogP contribution in [0, 0.1) is 5.92 Å². The summed E-state index contributed by atoms with van der Waals surface area (Å²) in [6, 6.07) is 1.39. The molecule has 1 unspecified atom stereocenters. The predicted molar refractivity (Wildman–Crippen MR) is 71.3 cm³/mol. The minimum atomic E-state index is 0.582. The Morgan fingerprint density at radius 1 is 1.24 bits per heavy atom. The monoisotopic (exact) mass is 240 g/mol. The van der Waals surface area contributed by atoms with E-state index in [9.17, 15) is 0 Å². The largest absolute Gasteiger partial charge is 0.383 e. The molecule has 1 aliphatic heterocycles. The molecular formula is C14H28N2O. The van der Waals surface area contributed by atoms with Gasteiger partial charge in [0.1, 0.15) is 0 Å². The van der Waals surface area contributed by atoms with E-state index in [1.54, 1.807) is 0 Å². The zero-order valence-corrected chi connectivity index (χ0v) is 11.5. The normalized spacial score (nSPS) is 25.1. The second-order valence-electron chi connectivity index (χ2n) is 5.68. The Morgan fingerprint density at radius 3 is 2.47 bits per heavy atom. The molecule has 1 heterocycles. The van der Waals surface area contributed by atoms with E-state index >= 15 is 0 Å². The first-order valence-electron chi connectivity index (χ1n) is 7.29. The molecule has 2 aliphatic rings. The average molecular weight is 240 g/mol. The summed E-state index contributed by atoms with van der Waals surface area (Å²) in [5.74, 6) is 0.964. The summed E-state index contributed by atoms with van der Waals surface area (Å²) >= 11 is 0. The highest BCUT2D eigenvalue weighted by Crippen LogP contribution is 2.22. The standard InChI is InChI=1S/C14H28N2O/c1-3-12-6-8-16(9-7-12)14(11-17-2)10-15-13-4-5-13/h12-15H,3-11H2,1-2H3. The van der Waals surface area contributed by atoms with Crippen molar-refractivity contribution in [1.82, 2.24) is 10.2 Å². The average Bonchev–Trinajstić information content (AvgIpc) is 3.19. The van der Waals surface area contributed by atoms with Gasteiger partial charge in [0.15, 0.2) is 0 Å². The summed E-state index contributed by atoms with van der Waals surface area (Å²) in [5, 5.41) is 3.64. The molecule has 1 saturated carbocycles. The molecule has 1 N–H and O–H groups in total. The summed E-state index contributed by atoms with van der Waals surface area (Å²) in [6.45, 7) is 6.82. The molecule has 0 aromatic carbocycles. The van der Waals surface area contributed by atoms with Gasteiger partial charge in [-0.05, 0) is 44.7 Å². The molecule has 100 valence electrons. The fraction of sp³-hybridized carbons (Fsp3) is 1.00. The molecule has 17 heavy (non-hydrogen) atoms. The van der Waals surface area contributed by atoms with Crippen LogP contribution in [0.4, 0.5) is 0 Å². The van der Waals surface area contributed by atoms with E-state index in [-0.39, 0.29) is 0 Å². The lowest BCUT2D eigenvalue weighted by Gasteiger charge is -2.37. The van der Waals surface area contributed by atoms with Gasteiger partial charge >= 0.3 is 0 Å². The lowest BCUT2D eigenvalue weighted by Crippen LogP contribution is -2.48. The lowest BCUT2D eigenvalue weighted by molar-refractivity contribution is 0.0637. The van der Waals surface area contributed by atoms with Gasteiger partial charge in [0.05, 0.1) is 6.61 Å². The Kier molecular flexibility index (Phi) is 5.26. The fourth-order valence-electron chi connectivity index (χ4n) is 2.80. The zero-order valence-electron chi connectivity index (χ0n) is 11.5. The van der Waals surface area contributed by atoms with Crippen LogP contribution in [0.15, 0.2) is 0 Å². The molecule has 2 fully saturated rings. The topological polar surface area (TPSA) is 24.5 Å². The first kappa shape index (κ1) is 13.3. The van der Waals surface area contributed by atoms with E-state index in [1.807, 2.05) is 7.11 Å². The van der Waals surface area contributed by atoms with Crippen LogP contribution in [0.25, 0.3) is 0 Å². The molecule has 1 atom stereocenters. The number of nitrogens with one attached hydrogen (secondary N) is 1. The fourth-order valence-corrected chi connectivity index (χ4v) is 2.80. The lowest BCUT2D eigenvalue weighted by atomic mass is 9.93. The summed E-state index contributed by atoms with van der Waals surface area (Å²) < 4.78 is 5.38. The van der Waals surface area contributed by atoms with Crippen molar-refractivity contribution >= 4 is 0 Å². The van der Waals surface area contributed by atoms with Gasteiger partial charge in [0, 0.05) is 25.7 Å². The van der Waals surface area contributed by atoms with Gasteiger partial charge in [-0.2, -0.15) is 0 Å². The summed E-state index contributed by atoms with van der Waals surface area (Å²) in [7, 11) is 1.82. The Balaban J connectivity index is 1.74. The van der Waals surface area contributed by atoms with Gasteiger partial charge in [-0.25, -0.2) is 0 Å². The van der Waals surface area contributed by atoms with Crippen LogP contribution in [-0.2, 0) is 4.74 Å². The Labute approximate surface area is 106 Å². The van der Waals surface area contributed by atoms with E-state index in [0.29, 0.717) is 6.04 Å². The minimum Gasteiger partial charge on any atom is -0.383 e. The molecule has 0 amide bonds. The maximum absolute atomic E-state index is 5.38. The van der Waals surface area contributed by atoms with E-state index in [1.165, 1.54) is 45.2 Å². The molecule has 0 aromatic rings. The maximum atomic E-state index is 5.38. The molecule has 1 saturated heterocycles. The molecule has 1 aliphatic carbocycles. The van der Waals surface area contributed by atoms with Crippen molar-refractivity contribution in [3.8, 4) is 0 Å². The third-order valence-corrected chi connectivity index (χ3v) is 4.32. The zero-order chi connectivity index (χ0) is 12.1. The maximum Gasteiger partial charge on any atom is 0.0630 e. The summed E-state index contributed by atoms with van der Waals surface area (Å²) in [6.07, 6.45) is 6.85. The van der Waals surface area contributed by atoms with Crippen molar-refractivity contribution in [1.29, 1.82) is 0 Å². The first-order chi connectivity index (χ1) is 8.33. The van der Waals surface area contributed by atoms with Crippen molar-refractivity contribution in [2.24, 2.45) is 5.92 Å². The summed E-state index contributed by atoms with van der Waals surface area (Å²) in [5.41, 5.74) is 0. The quantitative estimate of drug-likeness (QED) is 0.735. The van der Waals surface area contributed by atoms with Crippen LogP contribution in [0.3, 0.4) is 0 Å². The molecule has 0 spiro atoms. The number of methoxy groups -OCH3 is 1. The van der Waals surface area contributed by atoms with E-state index in [2.05, 4.69) is 17.1 Å². The van der Waals surface area contributed by atoms with Gasteiger partial charge in [0.2, 0.25) is 0 Å². The molecule has 2 rings (SSSR count). The Bertz CT molecular complexity index is 210. The van der Waals surface area contributed by atoms with Crippen molar-refractivity contribution in [3.05, 3.63) is 0 Å². The second-order valence-corrected chi connectivity index (χ2v) is 5.68. The number of rotatable bonds is 7. The molecule has 0 aromatic heterocycles. The highest BCUT2D eigenvalue weighted by molar-refractivity contribution is 4.85. The Morgan fingerprint density at radius 2 is 1.94 bits per heavy atom. The van der Waals surface area contributed by atoms with Crippen molar-refractivity contribution in [3.63, 3.8) is 0 Å². The third-order valence-electron chi connectivity index (χ3n) is 4.32. The van der Waals surface area contributed by atoms with Gasteiger partial charge in [-0.3, -0.25) is 4.90 Å². The van der Waals surface area contributed by atoms with Crippen LogP contribution in [0.1, 0.15) is 39.0 Å². The smallest absolute Gasteiger partial charge is 0.0630 e. The molecular weight excluding hydrogens is 212 g/mol. The van der Waals surface area contributed by atoms with Gasteiger partial charge in [-0.15, -0.1) is 0 Å². The highest BCUT2D eigenvalue weighted by atomic mass is 16.5. The molecule has 3 nitrogen and oxygen atoms in total. The first-order valence-corrected chi connectivity index (χ1v) is 7.29. The highest BCUT2D eigenvalue weighted by Gasteiger charge is 2.27. The van der Waals surface area contributed by atoms with Gasteiger partial charge < -0.3 is 10.1 Å². The van der Waals surface area contributed by atoms with Crippen LogP contribution < -0.4 is 5.32 Å². The van der Waals surface area contributed by atoms with Crippen molar-refractivity contribution < 1.29 is 4.74 Å². The Hall–Kier alpha value is -0.120. The summed E-state index contributed by atoms with van der Waals surface area (Å²) in [4.78, 5) is 2.63. The second kappa shape index (κ2) is 6.72. The van der Waals surface area contributed by atoms with Crippen LogP contribution >= 0.6 is 0 Å². The number of nitrogens with zero attached hydrogens (tertiary/aromatic N) is 1. The van der Waals surface area contributed by atoms with E-state index < -0.39 is 0 Å². The van der Waals surface area contributed by atoms with E-state index in [4.69, 9.17) is 4.74 Å². The van der Waals surface area contributed by atoms with Crippen LogP contribution in [0.2, 0.25) is 0 Å². The number of piperidine rings is 1. The number of likely N-dealkylation sites (tertiary alicyclic amines) is 1. The molecule has 0 bridgehead atoms.